The Morgan fingerprint density at radius 3 is 2.19 bits per heavy atom. The standard InChI is InChI=1S/C49H46N14O8S6/c1-21(2)34-49-62-37(31(77-49)16-71-6)42(69)52-15-33(65)59-38(39(66)23-10-8-7-9-11-23)48-58-30(20-75-48)46-55-27(17-73-46)36-24(12-13-25(53-36)45-57-29(19-74-45)41(68)63-51-5)44-56-28(18-72-44)40(67)54-26(14-32(64)50-4)47-61-35(22(3)76-47)43(70)60-34/h7-13,17-21,26,34,38-39,66H,14-16H2,1-6H3,(H,50,64)(H,52,69)(H,54,67)(H,59,65)(H,60,70)/t26-,34-,38-,39-/m0/s1. The number of methoxy groups -OCH3 is 1. The molecule has 7 aromatic heterocycles. The summed E-state index contributed by atoms with van der Waals surface area (Å²) in [6.07, 6.45) is -1.48. The number of pyridine rings is 1. The molecule has 1 aliphatic rings. The highest BCUT2D eigenvalue weighted by molar-refractivity contribution is 7.15. The smallest absolute Gasteiger partial charge is 0.314 e. The van der Waals surface area contributed by atoms with Gasteiger partial charge in [-0.05, 0) is 30.5 Å². The van der Waals surface area contributed by atoms with Crippen molar-refractivity contribution in [2.24, 2.45) is 16.1 Å². The largest absolute Gasteiger partial charge is 0.386 e. The summed E-state index contributed by atoms with van der Waals surface area (Å²) in [4.78, 5) is 116. The lowest BCUT2D eigenvalue weighted by Crippen LogP contribution is -2.40. The van der Waals surface area contributed by atoms with Gasteiger partial charge in [0, 0.05) is 53.2 Å². The Kier molecular flexibility index (Phi) is 16.9. The van der Waals surface area contributed by atoms with E-state index in [9.17, 15) is 33.9 Å². The highest BCUT2D eigenvalue weighted by Crippen LogP contribution is 2.40. The van der Waals surface area contributed by atoms with Crippen LogP contribution in [-0.2, 0) is 20.9 Å². The number of carbonyl (C=O) groups excluding carboxylic acids is 6. The highest BCUT2D eigenvalue weighted by Gasteiger charge is 2.33. The third-order valence-electron chi connectivity index (χ3n) is 11.7. The van der Waals surface area contributed by atoms with Crippen LogP contribution >= 0.6 is 68.0 Å². The Balaban J connectivity index is 1.14. The topological polar surface area (TPSA) is 307 Å². The Morgan fingerprint density at radius 1 is 0.727 bits per heavy atom. The van der Waals surface area contributed by atoms with Crippen LogP contribution < -0.4 is 26.6 Å². The number of fused-ring (bicyclic) bond motifs is 14. The van der Waals surface area contributed by atoms with Crippen LogP contribution in [0.1, 0.15) is 117 Å². The predicted octanol–water partition coefficient (Wildman–Crippen LogP) is 7.53. The minimum absolute atomic E-state index is 0.00199. The summed E-state index contributed by atoms with van der Waals surface area (Å²) in [5, 5.41) is 42.1. The van der Waals surface area contributed by atoms with E-state index >= 15 is 0 Å². The van der Waals surface area contributed by atoms with Gasteiger partial charge in [-0.15, -0.1) is 73.1 Å². The van der Waals surface area contributed by atoms with Crippen molar-refractivity contribution < 1.29 is 38.6 Å². The lowest BCUT2D eigenvalue weighted by molar-refractivity contribution is -0.122. The molecule has 0 saturated carbocycles. The van der Waals surface area contributed by atoms with Gasteiger partial charge >= 0.3 is 5.91 Å². The molecule has 0 aliphatic carbocycles. The fraction of sp³-hybridized carbons (Fsp3) is 0.286. The summed E-state index contributed by atoms with van der Waals surface area (Å²) < 4.78 is 5.44. The maximum Gasteiger partial charge on any atom is 0.314 e. The fourth-order valence-corrected chi connectivity index (χ4v) is 13.4. The molecule has 4 atom stereocenters. The second-order valence-corrected chi connectivity index (χ2v) is 23.1. The van der Waals surface area contributed by atoms with E-state index < -0.39 is 66.2 Å². The fourth-order valence-electron chi connectivity index (χ4n) is 7.82. The molecule has 6 amide bonds. The summed E-state index contributed by atoms with van der Waals surface area (Å²) in [7, 11) is 4.33. The molecule has 0 saturated heterocycles. The second-order valence-electron chi connectivity index (χ2n) is 17.3. The summed E-state index contributed by atoms with van der Waals surface area (Å²) in [6.45, 7) is 4.98. The number of aryl methyl sites for hydroxylation is 1. The molecule has 6 N–H and O–H groups in total. The molecular weight excluding hydrogens is 1110 g/mol. The van der Waals surface area contributed by atoms with Crippen molar-refractivity contribution in [3.8, 4) is 43.4 Å². The number of aromatic nitrogens is 7. The molecule has 9 rings (SSSR count). The van der Waals surface area contributed by atoms with Crippen LogP contribution in [-0.4, -0.2) is 103 Å². The number of thiazole rings is 6. The van der Waals surface area contributed by atoms with Crippen LogP contribution in [0.5, 0.6) is 0 Å². The molecule has 396 valence electrons. The number of amides is 6. The highest BCUT2D eigenvalue weighted by atomic mass is 32.1. The van der Waals surface area contributed by atoms with Crippen LogP contribution in [0.4, 0.5) is 0 Å². The number of carbonyl (C=O) groups is 6. The van der Waals surface area contributed by atoms with Gasteiger partial charge in [-0.25, -0.2) is 34.9 Å². The zero-order valence-electron chi connectivity index (χ0n) is 41.6. The van der Waals surface area contributed by atoms with Gasteiger partial charge in [0.05, 0.1) is 42.2 Å². The number of ether oxygens (including phenoxy) is 1. The zero-order valence-corrected chi connectivity index (χ0v) is 46.5. The van der Waals surface area contributed by atoms with E-state index in [1.54, 1.807) is 70.9 Å². The average molecular weight is 1150 g/mol. The van der Waals surface area contributed by atoms with Gasteiger partial charge in [-0.2, -0.15) is 5.11 Å². The molecule has 0 radical (unpaired) electrons. The van der Waals surface area contributed by atoms with Gasteiger partial charge in [0.25, 0.3) is 17.7 Å². The lowest BCUT2D eigenvalue weighted by Gasteiger charge is -2.23. The van der Waals surface area contributed by atoms with Gasteiger partial charge < -0.3 is 36.4 Å². The van der Waals surface area contributed by atoms with Crippen molar-refractivity contribution in [2.75, 3.05) is 27.7 Å². The molecule has 8 aromatic rings. The van der Waals surface area contributed by atoms with Crippen LogP contribution in [0.15, 0.2) is 74.2 Å². The quantitative estimate of drug-likeness (QED) is 0.0761. The average Bonchev–Trinajstić information content (AvgIpc) is 4.33. The first-order chi connectivity index (χ1) is 37.1. The number of hydrogen-bond acceptors (Lipinski definition) is 22. The van der Waals surface area contributed by atoms with Crippen LogP contribution in [0.2, 0.25) is 0 Å². The lowest BCUT2D eigenvalue weighted by atomic mass is 10.0. The molecule has 1 aliphatic heterocycles. The number of benzene rings is 1. The molecule has 0 spiro atoms. The number of aliphatic hydroxyl groups is 1. The van der Waals surface area contributed by atoms with Crippen LogP contribution in [0.25, 0.3) is 43.4 Å². The number of azo groups is 1. The van der Waals surface area contributed by atoms with Crippen molar-refractivity contribution in [1.82, 2.24) is 61.5 Å². The summed E-state index contributed by atoms with van der Waals surface area (Å²) in [5.41, 5.74) is 2.80. The normalized spacial score (nSPS) is 16.9. The van der Waals surface area contributed by atoms with Crippen molar-refractivity contribution in [3.63, 3.8) is 0 Å². The Morgan fingerprint density at radius 2 is 1.44 bits per heavy atom. The van der Waals surface area contributed by atoms with Crippen molar-refractivity contribution in [2.45, 2.75) is 58.0 Å². The molecule has 22 nitrogen and oxygen atoms in total. The van der Waals surface area contributed by atoms with Crippen molar-refractivity contribution >= 4 is 103 Å². The zero-order chi connectivity index (χ0) is 54.5. The molecular formula is C49H46N14O8S6. The minimum atomic E-state index is -1.27. The number of nitrogens with one attached hydrogen (secondary N) is 5. The van der Waals surface area contributed by atoms with Gasteiger partial charge in [-0.3, -0.25) is 28.8 Å². The molecule has 77 heavy (non-hydrogen) atoms. The first-order valence-corrected chi connectivity index (χ1v) is 28.5. The van der Waals surface area contributed by atoms with E-state index in [0.29, 0.717) is 73.7 Å². The van der Waals surface area contributed by atoms with Gasteiger partial charge in [0.2, 0.25) is 11.8 Å². The molecule has 28 heteroatoms. The number of rotatable bonds is 9. The second kappa shape index (κ2) is 23.9. The van der Waals surface area contributed by atoms with Crippen LogP contribution in [0.3, 0.4) is 0 Å². The summed E-state index contributed by atoms with van der Waals surface area (Å²) in [6, 6.07) is 9.49. The third-order valence-corrected chi connectivity index (χ3v) is 17.4. The summed E-state index contributed by atoms with van der Waals surface area (Å²) >= 11 is 7.13. The first-order valence-electron chi connectivity index (χ1n) is 23.4. The Hall–Kier alpha value is -7.31. The van der Waals surface area contributed by atoms with E-state index in [2.05, 4.69) is 51.8 Å². The van der Waals surface area contributed by atoms with Gasteiger partial charge in [-0.1, -0.05) is 44.2 Å². The molecule has 8 heterocycles. The van der Waals surface area contributed by atoms with Crippen molar-refractivity contribution in [3.05, 3.63) is 117 Å². The van der Waals surface area contributed by atoms with Crippen LogP contribution in [0, 0.1) is 12.8 Å². The first kappa shape index (κ1) is 54.5. The minimum Gasteiger partial charge on any atom is -0.386 e. The van der Waals surface area contributed by atoms with Crippen molar-refractivity contribution in [1.29, 1.82) is 0 Å². The Labute approximate surface area is 463 Å². The van der Waals surface area contributed by atoms with E-state index in [0.717, 1.165) is 11.3 Å². The van der Waals surface area contributed by atoms with E-state index in [1.165, 1.54) is 77.9 Å². The number of nitrogens with zero attached hydrogens (tertiary/aromatic N) is 9. The van der Waals surface area contributed by atoms with Gasteiger partial charge in [0.1, 0.15) is 82.0 Å². The van der Waals surface area contributed by atoms with Gasteiger partial charge in [0.15, 0.2) is 0 Å². The third kappa shape index (κ3) is 12.1. The molecule has 0 unspecified atom stereocenters. The number of aliphatic hydroxyl groups excluding tert-OH is 1. The molecule has 10 bridgehead atoms. The Bertz CT molecular complexity index is 3550. The number of hydrogen-bond donors (Lipinski definition) is 6. The van der Waals surface area contributed by atoms with E-state index in [4.69, 9.17) is 24.7 Å². The maximum absolute atomic E-state index is 14.2. The molecule has 0 fully saturated rings. The SMILES string of the molecule is CN=NC(=O)c1csc(-c2ccc3c(n2)-c2csc(n2)-c2csc(n2)[C@H]([C@@H](O)c2ccccc2)NC(=O)CNC(=O)c2nc(sc2COC)[C@H](C(C)C)NC(=O)c2nc(sc2C)[C@H](CC(=O)NC)NC(=O)c2csc-3n2)n1. The maximum atomic E-state index is 14.2. The van der Waals surface area contributed by atoms with E-state index in [1.807, 2.05) is 13.8 Å². The van der Waals surface area contributed by atoms with E-state index in [-0.39, 0.29) is 41.7 Å². The molecule has 1 aromatic carbocycles. The summed E-state index contributed by atoms with van der Waals surface area (Å²) in [5.74, 6) is -3.72. The monoisotopic (exact) mass is 1150 g/mol. The predicted molar refractivity (Wildman–Crippen MR) is 292 cm³/mol.